The highest BCUT2D eigenvalue weighted by Crippen LogP contribution is 2.36. The summed E-state index contributed by atoms with van der Waals surface area (Å²) < 4.78 is 5.26. The number of amides is 1. The predicted octanol–water partition coefficient (Wildman–Crippen LogP) is 0.934. The lowest BCUT2D eigenvalue weighted by Crippen LogP contribution is -2.47. The molecule has 5 heteroatoms. The topological polar surface area (TPSA) is 64.4 Å². The van der Waals surface area contributed by atoms with E-state index >= 15 is 0 Å². The maximum absolute atomic E-state index is 11.8. The van der Waals surface area contributed by atoms with Crippen molar-refractivity contribution in [2.75, 3.05) is 19.8 Å². The largest absolute Gasteiger partial charge is 0.381 e. The Bertz CT molecular complexity index is 257. The fraction of sp³-hybridized carbons (Fsp3) is 0.917. The summed E-state index contributed by atoms with van der Waals surface area (Å²) in [4.78, 5) is 11.8. The standard InChI is InChI=1S/C12H22N2O2.ClH/c1-8-6-10(8)7-14-12(15)11(13)9-2-4-16-5-3-9;/h8-11H,2-7,13H2,1H3,(H,14,15);1H. The summed E-state index contributed by atoms with van der Waals surface area (Å²) in [6, 6.07) is -0.349. The summed E-state index contributed by atoms with van der Waals surface area (Å²) in [5.41, 5.74) is 5.97. The van der Waals surface area contributed by atoms with E-state index in [0.29, 0.717) is 11.8 Å². The maximum Gasteiger partial charge on any atom is 0.237 e. The number of carbonyl (C=O) groups excluding carboxylic acids is 1. The molecule has 3 unspecified atom stereocenters. The van der Waals surface area contributed by atoms with Crippen molar-refractivity contribution in [3.63, 3.8) is 0 Å². The van der Waals surface area contributed by atoms with Gasteiger partial charge in [0.05, 0.1) is 6.04 Å². The van der Waals surface area contributed by atoms with Gasteiger partial charge >= 0.3 is 0 Å². The first-order valence-corrected chi connectivity index (χ1v) is 6.29. The van der Waals surface area contributed by atoms with E-state index in [0.717, 1.165) is 38.5 Å². The highest BCUT2D eigenvalue weighted by atomic mass is 35.5. The van der Waals surface area contributed by atoms with Gasteiger partial charge in [-0.25, -0.2) is 0 Å². The van der Waals surface area contributed by atoms with Gasteiger partial charge in [-0.05, 0) is 37.0 Å². The summed E-state index contributed by atoms with van der Waals surface area (Å²) in [6.45, 7) is 4.50. The second-order valence-corrected chi connectivity index (χ2v) is 5.19. The molecule has 0 aromatic heterocycles. The van der Waals surface area contributed by atoms with Crippen LogP contribution in [0.5, 0.6) is 0 Å². The number of nitrogens with two attached hydrogens (primary N) is 1. The van der Waals surface area contributed by atoms with Gasteiger partial charge in [-0.15, -0.1) is 12.4 Å². The van der Waals surface area contributed by atoms with E-state index < -0.39 is 0 Å². The molecule has 100 valence electrons. The average Bonchev–Trinajstić information content (AvgIpc) is 3.02. The number of hydrogen-bond acceptors (Lipinski definition) is 3. The second kappa shape index (κ2) is 6.57. The molecule has 0 aromatic carbocycles. The Labute approximate surface area is 109 Å². The highest BCUT2D eigenvalue weighted by molar-refractivity contribution is 5.85. The van der Waals surface area contributed by atoms with E-state index in [1.54, 1.807) is 0 Å². The second-order valence-electron chi connectivity index (χ2n) is 5.19. The number of halogens is 1. The van der Waals surface area contributed by atoms with Crippen molar-refractivity contribution in [1.82, 2.24) is 5.32 Å². The van der Waals surface area contributed by atoms with Gasteiger partial charge in [0.25, 0.3) is 0 Å². The van der Waals surface area contributed by atoms with Gasteiger partial charge in [-0.1, -0.05) is 6.92 Å². The van der Waals surface area contributed by atoms with Gasteiger partial charge in [-0.2, -0.15) is 0 Å². The van der Waals surface area contributed by atoms with Crippen LogP contribution in [0.15, 0.2) is 0 Å². The lowest BCUT2D eigenvalue weighted by Gasteiger charge is -2.26. The Morgan fingerprint density at radius 3 is 2.59 bits per heavy atom. The third-order valence-corrected chi connectivity index (χ3v) is 3.89. The van der Waals surface area contributed by atoms with Crippen LogP contribution in [0.25, 0.3) is 0 Å². The van der Waals surface area contributed by atoms with E-state index in [1.807, 2.05) is 0 Å². The molecule has 0 bridgehead atoms. The summed E-state index contributed by atoms with van der Waals surface area (Å²) in [7, 11) is 0. The average molecular weight is 263 g/mol. The SMILES string of the molecule is CC1CC1CNC(=O)C(N)C1CCOCC1.Cl. The molecule has 3 atom stereocenters. The molecule has 1 saturated carbocycles. The third-order valence-electron chi connectivity index (χ3n) is 3.89. The van der Waals surface area contributed by atoms with Gasteiger partial charge in [0.2, 0.25) is 5.91 Å². The molecule has 2 rings (SSSR count). The van der Waals surface area contributed by atoms with E-state index in [-0.39, 0.29) is 24.4 Å². The zero-order valence-electron chi connectivity index (χ0n) is 10.4. The summed E-state index contributed by atoms with van der Waals surface area (Å²) >= 11 is 0. The number of rotatable bonds is 4. The van der Waals surface area contributed by atoms with Crippen molar-refractivity contribution in [3.05, 3.63) is 0 Å². The number of hydrogen-bond donors (Lipinski definition) is 2. The van der Waals surface area contributed by atoms with E-state index in [4.69, 9.17) is 10.5 Å². The fourth-order valence-electron chi connectivity index (χ4n) is 2.32. The predicted molar refractivity (Wildman–Crippen MR) is 69.0 cm³/mol. The molecule has 2 aliphatic rings. The van der Waals surface area contributed by atoms with Crippen LogP contribution >= 0.6 is 12.4 Å². The van der Waals surface area contributed by atoms with Crippen molar-refractivity contribution in [2.45, 2.75) is 32.2 Å². The van der Waals surface area contributed by atoms with Crippen LogP contribution in [-0.2, 0) is 9.53 Å². The normalized spacial score (nSPS) is 30.2. The molecule has 1 aliphatic heterocycles. The minimum absolute atomic E-state index is 0. The Morgan fingerprint density at radius 2 is 2.06 bits per heavy atom. The monoisotopic (exact) mass is 262 g/mol. The van der Waals surface area contributed by atoms with Crippen LogP contribution in [-0.4, -0.2) is 31.7 Å². The minimum Gasteiger partial charge on any atom is -0.381 e. The van der Waals surface area contributed by atoms with Gasteiger partial charge in [0.1, 0.15) is 0 Å². The van der Waals surface area contributed by atoms with Gasteiger partial charge in [0, 0.05) is 19.8 Å². The third kappa shape index (κ3) is 4.12. The zero-order valence-corrected chi connectivity index (χ0v) is 11.2. The van der Waals surface area contributed by atoms with Crippen molar-refractivity contribution < 1.29 is 9.53 Å². The molecule has 2 fully saturated rings. The van der Waals surface area contributed by atoms with Crippen molar-refractivity contribution >= 4 is 18.3 Å². The zero-order chi connectivity index (χ0) is 11.5. The number of nitrogens with one attached hydrogen (secondary N) is 1. The molecule has 1 saturated heterocycles. The van der Waals surface area contributed by atoms with E-state index in [2.05, 4.69) is 12.2 Å². The quantitative estimate of drug-likeness (QED) is 0.792. The van der Waals surface area contributed by atoms with Gasteiger partial charge in [0.15, 0.2) is 0 Å². The van der Waals surface area contributed by atoms with Crippen LogP contribution in [0.2, 0.25) is 0 Å². The Balaban J connectivity index is 0.00000144. The molecule has 0 aromatic rings. The first-order chi connectivity index (χ1) is 7.68. The van der Waals surface area contributed by atoms with Crippen LogP contribution in [0.4, 0.5) is 0 Å². The molecular weight excluding hydrogens is 240 g/mol. The Hall–Kier alpha value is -0.320. The van der Waals surface area contributed by atoms with Crippen LogP contribution in [0.1, 0.15) is 26.2 Å². The molecule has 0 radical (unpaired) electrons. The molecule has 3 N–H and O–H groups in total. The summed E-state index contributed by atoms with van der Waals surface area (Å²) in [6.07, 6.45) is 3.07. The lowest BCUT2D eigenvalue weighted by atomic mass is 9.92. The maximum atomic E-state index is 11.8. The summed E-state index contributed by atoms with van der Waals surface area (Å²) in [5.74, 6) is 1.78. The minimum atomic E-state index is -0.349. The first-order valence-electron chi connectivity index (χ1n) is 6.29. The molecule has 1 aliphatic carbocycles. The lowest BCUT2D eigenvalue weighted by molar-refractivity contribution is -0.124. The molecular formula is C12H23ClN2O2. The van der Waals surface area contributed by atoms with Crippen molar-refractivity contribution in [1.29, 1.82) is 0 Å². The number of ether oxygens (including phenoxy) is 1. The van der Waals surface area contributed by atoms with E-state index in [9.17, 15) is 4.79 Å². The molecule has 1 amide bonds. The number of carbonyl (C=O) groups is 1. The van der Waals surface area contributed by atoms with E-state index in [1.165, 1.54) is 6.42 Å². The smallest absolute Gasteiger partial charge is 0.237 e. The Kier molecular flexibility index (Phi) is 5.70. The van der Waals surface area contributed by atoms with Crippen LogP contribution < -0.4 is 11.1 Å². The van der Waals surface area contributed by atoms with Gasteiger partial charge < -0.3 is 15.8 Å². The molecule has 0 spiro atoms. The highest BCUT2D eigenvalue weighted by Gasteiger charge is 2.33. The molecule has 4 nitrogen and oxygen atoms in total. The van der Waals surface area contributed by atoms with Crippen LogP contribution in [0, 0.1) is 17.8 Å². The van der Waals surface area contributed by atoms with Crippen molar-refractivity contribution in [2.24, 2.45) is 23.5 Å². The van der Waals surface area contributed by atoms with Gasteiger partial charge in [-0.3, -0.25) is 4.79 Å². The summed E-state index contributed by atoms with van der Waals surface area (Å²) in [5, 5.41) is 2.97. The first kappa shape index (κ1) is 14.7. The Morgan fingerprint density at radius 1 is 1.47 bits per heavy atom. The molecule has 1 heterocycles. The van der Waals surface area contributed by atoms with Crippen LogP contribution in [0.3, 0.4) is 0 Å². The fourth-order valence-corrected chi connectivity index (χ4v) is 2.32. The molecule has 17 heavy (non-hydrogen) atoms. The van der Waals surface area contributed by atoms with Crippen molar-refractivity contribution in [3.8, 4) is 0 Å².